The van der Waals surface area contributed by atoms with Crippen LogP contribution in [0.5, 0.6) is 17.2 Å². The third-order valence-corrected chi connectivity index (χ3v) is 4.83. The summed E-state index contributed by atoms with van der Waals surface area (Å²) in [4.78, 5) is 0. The smallest absolute Gasteiger partial charge is 0.131 e. The molecule has 0 saturated heterocycles. The van der Waals surface area contributed by atoms with Crippen LogP contribution in [0.2, 0.25) is 0 Å². The van der Waals surface area contributed by atoms with Gasteiger partial charge in [0.05, 0.1) is 0 Å². The third kappa shape index (κ3) is 2.28. The SMILES string of the molecule is Cc1ccc(O)c2cc(-c3cc(C)c4c(O)cccc4c3O)ccc12. The Balaban J connectivity index is 2.04. The van der Waals surface area contributed by atoms with Crippen molar-refractivity contribution in [2.75, 3.05) is 0 Å². The van der Waals surface area contributed by atoms with E-state index in [2.05, 4.69) is 0 Å². The fourth-order valence-electron chi connectivity index (χ4n) is 3.53. The quantitative estimate of drug-likeness (QED) is 0.438. The molecule has 0 aliphatic heterocycles. The summed E-state index contributed by atoms with van der Waals surface area (Å²) in [5, 5.41) is 34.1. The number of fused-ring (bicyclic) bond motifs is 2. The van der Waals surface area contributed by atoms with Gasteiger partial charge in [0.2, 0.25) is 0 Å². The van der Waals surface area contributed by atoms with E-state index in [4.69, 9.17) is 0 Å². The molecule has 0 bridgehead atoms. The van der Waals surface area contributed by atoms with E-state index in [9.17, 15) is 15.3 Å². The molecule has 0 atom stereocenters. The van der Waals surface area contributed by atoms with Crippen molar-refractivity contribution in [1.29, 1.82) is 0 Å². The summed E-state index contributed by atoms with van der Waals surface area (Å²) >= 11 is 0. The number of benzene rings is 4. The van der Waals surface area contributed by atoms with Crippen LogP contribution in [0.15, 0.2) is 54.6 Å². The molecule has 3 N–H and O–H groups in total. The maximum absolute atomic E-state index is 10.8. The van der Waals surface area contributed by atoms with Gasteiger partial charge < -0.3 is 15.3 Å². The van der Waals surface area contributed by atoms with Gasteiger partial charge >= 0.3 is 0 Å². The first-order valence-electron chi connectivity index (χ1n) is 8.14. The fourth-order valence-corrected chi connectivity index (χ4v) is 3.53. The molecule has 3 nitrogen and oxygen atoms in total. The second kappa shape index (κ2) is 5.42. The highest BCUT2D eigenvalue weighted by Crippen LogP contribution is 2.42. The van der Waals surface area contributed by atoms with E-state index in [0.717, 1.165) is 27.5 Å². The van der Waals surface area contributed by atoms with E-state index < -0.39 is 0 Å². The van der Waals surface area contributed by atoms with Crippen molar-refractivity contribution < 1.29 is 15.3 Å². The lowest BCUT2D eigenvalue weighted by molar-refractivity contribution is 0.476. The highest BCUT2D eigenvalue weighted by Gasteiger charge is 2.14. The van der Waals surface area contributed by atoms with Crippen molar-refractivity contribution in [1.82, 2.24) is 0 Å². The van der Waals surface area contributed by atoms with Gasteiger partial charge in [0, 0.05) is 21.7 Å². The minimum atomic E-state index is 0.128. The summed E-state index contributed by atoms with van der Waals surface area (Å²) in [6, 6.07) is 16.4. The maximum Gasteiger partial charge on any atom is 0.131 e. The Labute approximate surface area is 145 Å². The predicted octanol–water partition coefficient (Wildman–Crippen LogP) is 5.39. The Hall–Kier alpha value is -3.20. The molecule has 4 aromatic carbocycles. The largest absolute Gasteiger partial charge is 0.507 e. The number of hydrogen-bond donors (Lipinski definition) is 3. The van der Waals surface area contributed by atoms with Crippen molar-refractivity contribution in [2.45, 2.75) is 13.8 Å². The number of hydrogen-bond acceptors (Lipinski definition) is 3. The van der Waals surface area contributed by atoms with E-state index in [-0.39, 0.29) is 17.2 Å². The lowest BCUT2D eigenvalue weighted by Gasteiger charge is -2.13. The van der Waals surface area contributed by atoms with Crippen LogP contribution >= 0.6 is 0 Å². The molecule has 0 spiro atoms. The molecular formula is C22H18O3. The minimum absolute atomic E-state index is 0.128. The molecule has 4 aromatic rings. The molecule has 3 heteroatoms. The standard InChI is InChI=1S/C22H18O3/c1-12-6-9-19(23)18-11-14(7-8-15(12)18)17-10-13(2)21-16(22(17)25)4-3-5-20(21)24/h3-11,23-25H,1-2H3. The molecular weight excluding hydrogens is 312 g/mol. The topological polar surface area (TPSA) is 60.7 Å². The molecule has 0 saturated carbocycles. The molecule has 0 fully saturated rings. The molecule has 124 valence electrons. The average molecular weight is 330 g/mol. The van der Waals surface area contributed by atoms with Gasteiger partial charge in [-0.1, -0.05) is 30.3 Å². The van der Waals surface area contributed by atoms with Crippen molar-refractivity contribution in [3.05, 3.63) is 65.7 Å². The highest BCUT2D eigenvalue weighted by molar-refractivity contribution is 6.02. The van der Waals surface area contributed by atoms with Crippen molar-refractivity contribution >= 4 is 21.5 Å². The van der Waals surface area contributed by atoms with Gasteiger partial charge in [-0.15, -0.1) is 0 Å². The van der Waals surface area contributed by atoms with Crippen LogP contribution in [0.3, 0.4) is 0 Å². The Morgan fingerprint density at radius 2 is 1.44 bits per heavy atom. The minimum Gasteiger partial charge on any atom is -0.507 e. The zero-order chi connectivity index (χ0) is 17.7. The van der Waals surface area contributed by atoms with Gasteiger partial charge in [0.25, 0.3) is 0 Å². The lowest BCUT2D eigenvalue weighted by atomic mass is 9.93. The van der Waals surface area contributed by atoms with Crippen LogP contribution in [0.25, 0.3) is 32.7 Å². The van der Waals surface area contributed by atoms with Gasteiger partial charge in [-0.05, 0) is 60.2 Å². The van der Waals surface area contributed by atoms with Gasteiger partial charge in [-0.3, -0.25) is 0 Å². The first-order chi connectivity index (χ1) is 12.0. The molecule has 25 heavy (non-hydrogen) atoms. The summed E-state index contributed by atoms with van der Waals surface area (Å²) < 4.78 is 0. The van der Waals surface area contributed by atoms with Crippen molar-refractivity contribution in [2.24, 2.45) is 0 Å². The summed E-state index contributed by atoms with van der Waals surface area (Å²) in [5.74, 6) is 0.503. The number of rotatable bonds is 1. The Morgan fingerprint density at radius 1 is 0.640 bits per heavy atom. The number of phenols is 3. The second-order valence-electron chi connectivity index (χ2n) is 6.45. The second-order valence-corrected chi connectivity index (χ2v) is 6.45. The van der Waals surface area contributed by atoms with Gasteiger partial charge in [0.15, 0.2) is 0 Å². The first kappa shape index (κ1) is 15.3. The highest BCUT2D eigenvalue weighted by atomic mass is 16.3. The van der Waals surface area contributed by atoms with Crippen LogP contribution < -0.4 is 0 Å². The number of aromatic hydroxyl groups is 3. The molecule has 0 unspecified atom stereocenters. The number of aryl methyl sites for hydroxylation is 2. The molecule has 0 aliphatic carbocycles. The zero-order valence-electron chi connectivity index (χ0n) is 14.0. The molecule has 0 aromatic heterocycles. The molecule has 4 rings (SSSR count). The third-order valence-electron chi connectivity index (χ3n) is 4.83. The Bertz CT molecular complexity index is 1140. The van der Waals surface area contributed by atoms with Crippen molar-refractivity contribution in [3.63, 3.8) is 0 Å². The maximum atomic E-state index is 10.8. The summed E-state index contributed by atoms with van der Waals surface area (Å²) in [5.41, 5.74) is 3.47. The monoisotopic (exact) mass is 330 g/mol. The van der Waals surface area contributed by atoms with E-state index >= 15 is 0 Å². The van der Waals surface area contributed by atoms with E-state index in [1.54, 1.807) is 24.3 Å². The normalized spacial score (nSPS) is 11.3. The molecule has 0 heterocycles. The van der Waals surface area contributed by atoms with Crippen LogP contribution in [0.1, 0.15) is 11.1 Å². The Kier molecular flexibility index (Phi) is 3.32. The van der Waals surface area contributed by atoms with Crippen LogP contribution in [0, 0.1) is 13.8 Å². The molecule has 0 amide bonds. The fraction of sp³-hybridized carbons (Fsp3) is 0.0909. The van der Waals surface area contributed by atoms with E-state index in [1.807, 2.05) is 44.2 Å². The predicted molar refractivity (Wildman–Crippen MR) is 101 cm³/mol. The molecule has 0 radical (unpaired) electrons. The lowest BCUT2D eigenvalue weighted by Crippen LogP contribution is -1.87. The summed E-state index contributed by atoms with van der Waals surface area (Å²) in [7, 11) is 0. The zero-order valence-corrected chi connectivity index (χ0v) is 14.0. The first-order valence-corrected chi connectivity index (χ1v) is 8.14. The van der Waals surface area contributed by atoms with Crippen LogP contribution in [-0.4, -0.2) is 15.3 Å². The Morgan fingerprint density at radius 3 is 2.24 bits per heavy atom. The summed E-state index contributed by atoms with van der Waals surface area (Å²) in [6.45, 7) is 3.91. The van der Waals surface area contributed by atoms with Crippen molar-refractivity contribution in [3.8, 4) is 28.4 Å². The van der Waals surface area contributed by atoms with Crippen LogP contribution in [0.4, 0.5) is 0 Å². The summed E-state index contributed by atoms with van der Waals surface area (Å²) in [6.07, 6.45) is 0. The van der Waals surface area contributed by atoms with Crippen LogP contribution in [-0.2, 0) is 0 Å². The molecule has 0 aliphatic rings. The van der Waals surface area contributed by atoms with Gasteiger partial charge in [-0.2, -0.15) is 0 Å². The van der Waals surface area contributed by atoms with Gasteiger partial charge in [-0.25, -0.2) is 0 Å². The number of phenolic OH excluding ortho intramolecular Hbond substituents is 3. The van der Waals surface area contributed by atoms with E-state index in [0.29, 0.717) is 16.3 Å². The van der Waals surface area contributed by atoms with Gasteiger partial charge in [0.1, 0.15) is 17.2 Å². The van der Waals surface area contributed by atoms with E-state index in [1.165, 1.54) is 0 Å². The average Bonchev–Trinajstić information content (AvgIpc) is 2.61.